The Morgan fingerprint density at radius 2 is 2.44 bits per heavy atom. The van der Waals surface area contributed by atoms with Gasteiger partial charge in [0.15, 0.2) is 0 Å². The summed E-state index contributed by atoms with van der Waals surface area (Å²) in [4.78, 5) is 18.0. The fourth-order valence-corrected chi connectivity index (χ4v) is 2.00. The summed E-state index contributed by atoms with van der Waals surface area (Å²) < 4.78 is 0. The van der Waals surface area contributed by atoms with Crippen molar-refractivity contribution in [3.63, 3.8) is 0 Å². The van der Waals surface area contributed by atoms with Gasteiger partial charge in [0.2, 0.25) is 0 Å². The Bertz CT molecular complexity index is 405. The lowest BCUT2D eigenvalue weighted by Gasteiger charge is -2.16. The molecular formula is C13H19N3O2. The molecule has 1 fully saturated rings. The monoisotopic (exact) mass is 249 g/mol. The summed E-state index contributed by atoms with van der Waals surface area (Å²) in [5.74, 6) is 0.732. The maximum Gasteiger partial charge on any atom is 0.252 e. The molecule has 98 valence electrons. The van der Waals surface area contributed by atoms with Crippen LogP contribution in [0, 0.1) is 0 Å². The highest BCUT2D eigenvalue weighted by Crippen LogP contribution is 2.17. The van der Waals surface area contributed by atoms with Crippen LogP contribution in [0.25, 0.3) is 0 Å². The number of hydrogen-bond acceptors (Lipinski definition) is 4. The summed E-state index contributed by atoms with van der Waals surface area (Å²) in [5.41, 5.74) is 0.576. The van der Waals surface area contributed by atoms with E-state index in [2.05, 4.69) is 10.3 Å². The number of β-amino-alcohol motifs (C(OH)–C–C–N with tert-alkyl or cyclic N) is 1. The van der Waals surface area contributed by atoms with E-state index < -0.39 is 0 Å². The zero-order valence-electron chi connectivity index (χ0n) is 10.6. The number of pyridine rings is 1. The summed E-state index contributed by atoms with van der Waals surface area (Å²) in [6, 6.07) is 3.61. The van der Waals surface area contributed by atoms with Gasteiger partial charge in [0.1, 0.15) is 5.82 Å². The van der Waals surface area contributed by atoms with E-state index >= 15 is 0 Å². The summed E-state index contributed by atoms with van der Waals surface area (Å²) in [5, 5.41) is 12.3. The molecule has 18 heavy (non-hydrogen) atoms. The number of aliphatic hydroxyl groups excluding tert-OH is 1. The van der Waals surface area contributed by atoms with Gasteiger partial charge in [-0.2, -0.15) is 0 Å². The van der Waals surface area contributed by atoms with Gasteiger partial charge in [-0.3, -0.25) is 4.79 Å². The SMILES string of the molecule is CCCNC(=O)c1ccc(N2CC[C@H](O)C2)nc1. The predicted molar refractivity (Wildman–Crippen MR) is 69.7 cm³/mol. The summed E-state index contributed by atoms with van der Waals surface area (Å²) in [7, 11) is 0. The lowest BCUT2D eigenvalue weighted by atomic mass is 10.2. The number of aromatic nitrogens is 1. The molecule has 2 N–H and O–H groups in total. The third-order valence-electron chi connectivity index (χ3n) is 3.03. The second kappa shape index (κ2) is 5.82. The average molecular weight is 249 g/mol. The zero-order valence-corrected chi connectivity index (χ0v) is 10.6. The number of aliphatic hydroxyl groups is 1. The van der Waals surface area contributed by atoms with E-state index in [1.165, 1.54) is 0 Å². The van der Waals surface area contributed by atoms with Crippen molar-refractivity contribution in [2.24, 2.45) is 0 Å². The lowest BCUT2D eigenvalue weighted by molar-refractivity contribution is 0.0953. The molecule has 0 spiro atoms. The molecule has 0 radical (unpaired) electrons. The normalized spacial score (nSPS) is 19.0. The fourth-order valence-electron chi connectivity index (χ4n) is 2.00. The van der Waals surface area contributed by atoms with E-state index in [4.69, 9.17) is 0 Å². The molecule has 0 aromatic carbocycles. The van der Waals surface area contributed by atoms with Crippen molar-refractivity contribution in [3.05, 3.63) is 23.9 Å². The summed E-state index contributed by atoms with van der Waals surface area (Å²) in [6.07, 6.45) is 3.02. The molecule has 1 aliphatic rings. The molecular weight excluding hydrogens is 230 g/mol. The van der Waals surface area contributed by atoms with Crippen LogP contribution in [0.3, 0.4) is 0 Å². The van der Waals surface area contributed by atoms with Gasteiger partial charge in [-0.15, -0.1) is 0 Å². The number of carbonyl (C=O) groups is 1. The number of nitrogens with one attached hydrogen (secondary N) is 1. The molecule has 1 aromatic heterocycles. The second-order valence-corrected chi connectivity index (χ2v) is 4.55. The van der Waals surface area contributed by atoms with Gasteiger partial charge < -0.3 is 15.3 Å². The van der Waals surface area contributed by atoms with Crippen LogP contribution in [0.4, 0.5) is 5.82 Å². The molecule has 1 aromatic rings. The van der Waals surface area contributed by atoms with Crippen LogP contribution in [0.1, 0.15) is 30.1 Å². The molecule has 2 heterocycles. The van der Waals surface area contributed by atoms with Gasteiger partial charge in [0, 0.05) is 25.8 Å². The quantitative estimate of drug-likeness (QED) is 0.828. The number of nitrogens with zero attached hydrogens (tertiary/aromatic N) is 2. The Balaban J connectivity index is 1.99. The Labute approximate surface area is 107 Å². The first kappa shape index (κ1) is 12.8. The number of hydrogen-bond donors (Lipinski definition) is 2. The first-order valence-electron chi connectivity index (χ1n) is 6.38. The van der Waals surface area contributed by atoms with Crippen molar-refractivity contribution in [2.45, 2.75) is 25.9 Å². The minimum Gasteiger partial charge on any atom is -0.391 e. The Morgan fingerprint density at radius 3 is 3.00 bits per heavy atom. The van der Waals surface area contributed by atoms with Gasteiger partial charge >= 0.3 is 0 Å². The number of carbonyl (C=O) groups excluding carboxylic acids is 1. The van der Waals surface area contributed by atoms with E-state index in [1.807, 2.05) is 17.9 Å². The van der Waals surface area contributed by atoms with Gasteiger partial charge in [0.05, 0.1) is 11.7 Å². The van der Waals surface area contributed by atoms with Crippen LogP contribution in [-0.4, -0.2) is 41.7 Å². The van der Waals surface area contributed by atoms with Gasteiger partial charge in [-0.25, -0.2) is 4.98 Å². The third-order valence-corrected chi connectivity index (χ3v) is 3.03. The van der Waals surface area contributed by atoms with Crippen molar-refractivity contribution in [3.8, 4) is 0 Å². The molecule has 5 heteroatoms. The van der Waals surface area contributed by atoms with Crippen molar-refractivity contribution < 1.29 is 9.90 Å². The summed E-state index contributed by atoms with van der Waals surface area (Å²) in [6.45, 7) is 4.13. The highest BCUT2D eigenvalue weighted by Gasteiger charge is 2.21. The largest absolute Gasteiger partial charge is 0.391 e. The van der Waals surface area contributed by atoms with E-state index in [-0.39, 0.29) is 12.0 Å². The molecule has 0 bridgehead atoms. The molecule has 1 amide bonds. The van der Waals surface area contributed by atoms with Crippen molar-refractivity contribution in [1.29, 1.82) is 0 Å². The molecule has 0 unspecified atom stereocenters. The van der Waals surface area contributed by atoms with Crippen LogP contribution < -0.4 is 10.2 Å². The Hall–Kier alpha value is -1.62. The van der Waals surface area contributed by atoms with Crippen molar-refractivity contribution >= 4 is 11.7 Å². The van der Waals surface area contributed by atoms with Gasteiger partial charge in [-0.05, 0) is 25.0 Å². The minimum atomic E-state index is -0.265. The summed E-state index contributed by atoms with van der Waals surface area (Å²) >= 11 is 0. The van der Waals surface area contributed by atoms with Gasteiger partial charge in [-0.1, -0.05) is 6.92 Å². The number of amides is 1. The topological polar surface area (TPSA) is 65.5 Å². The maximum absolute atomic E-state index is 11.7. The van der Waals surface area contributed by atoms with Crippen LogP contribution in [0.15, 0.2) is 18.3 Å². The van der Waals surface area contributed by atoms with E-state index in [0.29, 0.717) is 18.7 Å². The van der Waals surface area contributed by atoms with Gasteiger partial charge in [0.25, 0.3) is 5.91 Å². The second-order valence-electron chi connectivity index (χ2n) is 4.55. The molecule has 5 nitrogen and oxygen atoms in total. The first-order valence-corrected chi connectivity index (χ1v) is 6.38. The maximum atomic E-state index is 11.7. The molecule has 1 saturated heterocycles. The average Bonchev–Trinajstić information content (AvgIpc) is 2.83. The van der Waals surface area contributed by atoms with Crippen LogP contribution in [-0.2, 0) is 0 Å². The first-order chi connectivity index (χ1) is 8.70. The molecule has 1 atom stereocenters. The Kier molecular flexibility index (Phi) is 4.15. The highest BCUT2D eigenvalue weighted by atomic mass is 16.3. The molecule has 2 rings (SSSR count). The van der Waals surface area contributed by atoms with Crippen molar-refractivity contribution in [2.75, 3.05) is 24.5 Å². The van der Waals surface area contributed by atoms with Crippen molar-refractivity contribution in [1.82, 2.24) is 10.3 Å². The lowest BCUT2D eigenvalue weighted by Crippen LogP contribution is -2.25. The number of anilines is 1. The molecule has 1 aliphatic heterocycles. The predicted octanol–water partition coefficient (Wildman–Crippen LogP) is 0.792. The van der Waals surface area contributed by atoms with Crippen LogP contribution >= 0.6 is 0 Å². The fraction of sp³-hybridized carbons (Fsp3) is 0.538. The molecule has 0 saturated carbocycles. The van der Waals surface area contributed by atoms with Crippen LogP contribution in [0.5, 0.6) is 0 Å². The standard InChI is InChI=1S/C13H19N3O2/c1-2-6-14-13(18)10-3-4-12(15-8-10)16-7-5-11(17)9-16/h3-4,8,11,17H,2,5-7,9H2,1H3,(H,14,18)/t11-/m0/s1. The van der Waals surface area contributed by atoms with E-state index in [1.54, 1.807) is 12.3 Å². The minimum absolute atomic E-state index is 0.0858. The van der Waals surface area contributed by atoms with E-state index in [9.17, 15) is 9.90 Å². The van der Waals surface area contributed by atoms with E-state index in [0.717, 1.165) is 25.2 Å². The zero-order chi connectivity index (χ0) is 13.0. The third kappa shape index (κ3) is 2.98. The number of rotatable bonds is 4. The molecule has 0 aliphatic carbocycles. The van der Waals surface area contributed by atoms with Crippen LogP contribution in [0.2, 0.25) is 0 Å². The smallest absolute Gasteiger partial charge is 0.252 e. The highest BCUT2D eigenvalue weighted by molar-refractivity contribution is 5.94. The Morgan fingerprint density at radius 1 is 1.61 bits per heavy atom.